The lowest BCUT2D eigenvalue weighted by Crippen LogP contribution is -2.51. The van der Waals surface area contributed by atoms with Gasteiger partial charge in [-0.3, -0.25) is 9.59 Å². The van der Waals surface area contributed by atoms with E-state index in [2.05, 4.69) is 5.32 Å². The zero-order valence-electron chi connectivity index (χ0n) is 11.7. The van der Waals surface area contributed by atoms with E-state index in [1.807, 2.05) is 18.2 Å². The zero-order chi connectivity index (χ0) is 14.8. The average molecular weight is 289 g/mol. The molecule has 0 radical (unpaired) electrons. The van der Waals surface area contributed by atoms with E-state index < -0.39 is 12.0 Å². The number of carbonyl (C=O) groups excluding carboxylic acids is 2. The molecule has 1 unspecified atom stereocenters. The van der Waals surface area contributed by atoms with Crippen LogP contribution in [0.4, 0.5) is 5.69 Å². The van der Waals surface area contributed by atoms with Crippen molar-refractivity contribution in [2.45, 2.75) is 18.9 Å². The second kappa shape index (κ2) is 5.73. The van der Waals surface area contributed by atoms with Gasteiger partial charge in [0.05, 0.1) is 12.2 Å². The number of rotatable bonds is 2. The summed E-state index contributed by atoms with van der Waals surface area (Å²) in [6, 6.07) is 7.27. The first-order chi connectivity index (χ1) is 10.2. The molecule has 1 aromatic carbocycles. The molecule has 6 nitrogen and oxygen atoms in total. The molecule has 2 aliphatic rings. The van der Waals surface area contributed by atoms with Crippen LogP contribution in [0.3, 0.4) is 0 Å². The average Bonchev–Trinajstić information content (AvgIpc) is 2.54. The molecular formula is C15H19N3O3. The van der Waals surface area contributed by atoms with Gasteiger partial charge in [-0.2, -0.15) is 0 Å². The highest BCUT2D eigenvalue weighted by molar-refractivity contribution is 5.98. The molecule has 21 heavy (non-hydrogen) atoms. The highest BCUT2D eigenvalue weighted by Gasteiger charge is 2.35. The Morgan fingerprint density at radius 2 is 1.95 bits per heavy atom. The first kappa shape index (κ1) is 13.9. The molecule has 0 spiro atoms. The molecule has 1 saturated heterocycles. The minimum Gasteiger partial charge on any atom is -0.477 e. The SMILES string of the molecule is NC(=O)C1CN(C(=O)C2CCNCC2)c2ccccc2O1. The van der Waals surface area contributed by atoms with Crippen molar-refractivity contribution in [1.82, 2.24) is 5.32 Å². The topological polar surface area (TPSA) is 84.7 Å². The highest BCUT2D eigenvalue weighted by Crippen LogP contribution is 2.34. The van der Waals surface area contributed by atoms with Gasteiger partial charge in [-0.05, 0) is 38.1 Å². The van der Waals surface area contributed by atoms with E-state index in [1.165, 1.54) is 0 Å². The van der Waals surface area contributed by atoms with Crippen molar-refractivity contribution in [3.8, 4) is 5.75 Å². The molecule has 6 heteroatoms. The Hall–Kier alpha value is -2.08. The van der Waals surface area contributed by atoms with Crippen LogP contribution < -0.4 is 20.7 Å². The van der Waals surface area contributed by atoms with Gasteiger partial charge in [0.25, 0.3) is 5.91 Å². The third-order valence-corrected chi connectivity index (χ3v) is 4.05. The van der Waals surface area contributed by atoms with Gasteiger partial charge in [-0.25, -0.2) is 0 Å². The number of hydrogen-bond donors (Lipinski definition) is 2. The number of amides is 2. The molecule has 2 aliphatic heterocycles. The van der Waals surface area contributed by atoms with Crippen molar-refractivity contribution in [1.29, 1.82) is 0 Å². The predicted octanol–water partition coefficient (Wildman–Crippen LogP) is 0.265. The van der Waals surface area contributed by atoms with Crippen molar-refractivity contribution in [3.63, 3.8) is 0 Å². The predicted molar refractivity (Wildman–Crippen MR) is 78.0 cm³/mol. The maximum absolute atomic E-state index is 12.8. The van der Waals surface area contributed by atoms with Crippen molar-refractivity contribution >= 4 is 17.5 Å². The molecule has 0 saturated carbocycles. The Morgan fingerprint density at radius 1 is 1.24 bits per heavy atom. The standard InChI is InChI=1S/C15H19N3O3/c16-14(19)13-9-18(11-3-1-2-4-12(11)21-13)15(20)10-5-7-17-8-6-10/h1-4,10,13,17H,5-9H2,(H2,16,19). The lowest BCUT2D eigenvalue weighted by molar-refractivity contribution is -0.126. The second-order valence-corrected chi connectivity index (χ2v) is 5.45. The Balaban J connectivity index is 1.88. The number of hydrogen-bond acceptors (Lipinski definition) is 4. The number of primary amides is 1. The number of nitrogens with one attached hydrogen (secondary N) is 1. The van der Waals surface area contributed by atoms with Crippen molar-refractivity contribution < 1.29 is 14.3 Å². The fourth-order valence-electron chi connectivity index (χ4n) is 2.88. The van der Waals surface area contributed by atoms with Crippen LogP contribution in [-0.2, 0) is 9.59 Å². The summed E-state index contributed by atoms with van der Waals surface area (Å²) in [5.41, 5.74) is 6.07. The Labute approximate surface area is 123 Å². The molecule has 2 amide bonds. The fraction of sp³-hybridized carbons (Fsp3) is 0.467. The minimum absolute atomic E-state index is 0.00840. The summed E-state index contributed by atoms with van der Waals surface area (Å²) in [7, 11) is 0. The molecule has 0 aliphatic carbocycles. The van der Waals surface area contributed by atoms with E-state index in [4.69, 9.17) is 10.5 Å². The minimum atomic E-state index is -0.787. The summed E-state index contributed by atoms with van der Waals surface area (Å²) in [6.45, 7) is 1.89. The molecule has 112 valence electrons. The summed E-state index contributed by atoms with van der Waals surface area (Å²) in [5, 5.41) is 3.25. The normalized spacial score (nSPS) is 22.3. The van der Waals surface area contributed by atoms with Gasteiger partial charge < -0.3 is 20.7 Å². The Morgan fingerprint density at radius 3 is 2.67 bits per heavy atom. The number of anilines is 1. The molecule has 2 heterocycles. The molecule has 1 aromatic rings. The van der Waals surface area contributed by atoms with E-state index >= 15 is 0 Å². The van der Waals surface area contributed by atoms with E-state index in [-0.39, 0.29) is 18.4 Å². The molecular weight excluding hydrogens is 270 g/mol. The monoisotopic (exact) mass is 289 g/mol. The highest BCUT2D eigenvalue weighted by atomic mass is 16.5. The zero-order valence-corrected chi connectivity index (χ0v) is 11.7. The van der Waals surface area contributed by atoms with Gasteiger partial charge in [0, 0.05) is 5.92 Å². The largest absolute Gasteiger partial charge is 0.477 e. The van der Waals surface area contributed by atoms with E-state index in [0.717, 1.165) is 31.6 Å². The smallest absolute Gasteiger partial charge is 0.260 e. The first-order valence-corrected chi connectivity index (χ1v) is 7.24. The van der Waals surface area contributed by atoms with Gasteiger partial charge in [-0.1, -0.05) is 12.1 Å². The Bertz CT molecular complexity index is 555. The second-order valence-electron chi connectivity index (χ2n) is 5.45. The first-order valence-electron chi connectivity index (χ1n) is 7.24. The lowest BCUT2D eigenvalue weighted by atomic mass is 9.95. The van der Waals surface area contributed by atoms with Crippen LogP contribution in [0, 0.1) is 5.92 Å². The van der Waals surface area contributed by atoms with Gasteiger partial charge in [0.15, 0.2) is 6.10 Å². The summed E-state index contributed by atoms with van der Waals surface area (Å²) in [4.78, 5) is 25.9. The summed E-state index contributed by atoms with van der Waals surface area (Å²) >= 11 is 0. The summed E-state index contributed by atoms with van der Waals surface area (Å²) in [5.74, 6) is 0.0341. The molecule has 3 N–H and O–H groups in total. The van der Waals surface area contributed by atoms with Crippen LogP contribution in [0.5, 0.6) is 5.75 Å². The van der Waals surface area contributed by atoms with Gasteiger partial charge >= 0.3 is 0 Å². The van der Waals surface area contributed by atoms with Crippen molar-refractivity contribution in [3.05, 3.63) is 24.3 Å². The summed E-state index contributed by atoms with van der Waals surface area (Å²) < 4.78 is 5.58. The molecule has 0 aromatic heterocycles. The van der Waals surface area contributed by atoms with Gasteiger partial charge in [0.1, 0.15) is 5.75 Å². The third kappa shape index (κ3) is 2.71. The van der Waals surface area contributed by atoms with Crippen molar-refractivity contribution in [2.24, 2.45) is 11.7 Å². The molecule has 0 bridgehead atoms. The van der Waals surface area contributed by atoms with Crippen LogP contribution in [0.1, 0.15) is 12.8 Å². The van der Waals surface area contributed by atoms with E-state index in [9.17, 15) is 9.59 Å². The van der Waals surface area contributed by atoms with Crippen molar-refractivity contribution in [2.75, 3.05) is 24.5 Å². The van der Waals surface area contributed by atoms with Crippen LogP contribution in [0.15, 0.2) is 24.3 Å². The van der Waals surface area contributed by atoms with Crippen LogP contribution >= 0.6 is 0 Å². The quantitative estimate of drug-likeness (QED) is 0.818. The number of benzene rings is 1. The van der Waals surface area contributed by atoms with E-state index in [0.29, 0.717) is 5.75 Å². The van der Waals surface area contributed by atoms with Crippen LogP contribution in [0.25, 0.3) is 0 Å². The lowest BCUT2D eigenvalue weighted by Gasteiger charge is -2.36. The number of piperidine rings is 1. The van der Waals surface area contributed by atoms with E-state index in [1.54, 1.807) is 11.0 Å². The van der Waals surface area contributed by atoms with Crippen LogP contribution in [0.2, 0.25) is 0 Å². The number of para-hydroxylation sites is 2. The van der Waals surface area contributed by atoms with Crippen LogP contribution in [-0.4, -0.2) is 37.6 Å². The number of nitrogens with two attached hydrogens (primary N) is 1. The number of ether oxygens (including phenoxy) is 1. The molecule has 1 atom stereocenters. The fourth-order valence-corrected chi connectivity index (χ4v) is 2.88. The van der Waals surface area contributed by atoms with Gasteiger partial charge in [-0.15, -0.1) is 0 Å². The summed E-state index contributed by atoms with van der Waals surface area (Å²) in [6.07, 6.45) is 0.852. The number of fused-ring (bicyclic) bond motifs is 1. The number of nitrogens with zero attached hydrogens (tertiary/aromatic N) is 1. The third-order valence-electron chi connectivity index (χ3n) is 4.05. The maximum Gasteiger partial charge on any atom is 0.260 e. The number of carbonyl (C=O) groups is 2. The molecule has 3 rings (SSSR count). The van der Waals surface area contributed by atoms with Gasteiger partial charge in [0.2, 0.25) is 5.91 Å². The Kier molecular flexibility index (Phi) is 3.79. The molecule has 1 fully saturated rings. The maximum atomic E-state index is 12.8.